The van der Waals surface area contributed by atoms with Gasteiger partial charge in [-0.05, 0) is 73.6 Å². The molecule has 1 saturated carbocycles. The first-order valence-corrected chi connectivity index (χ1v) is 14.1. The lowest BCUT2D eigenvalue weighted by Gasteiger charge is -2.28. The summed E-state index contributed by atoms with van der Waals surface area (Å²) in [4.78, 5) is 10.7. The Balaban J connectivity index is 1.62. The topological polar surface area (TPSA) is 73.6 Å². The van der Waals surface area contributed by atoms with Gasteiger partial charge in [-0.25, -0.2) is 4.79 Å². The van der Waals surface area contributed by atoms with Gasteiger partial charge in [-0.2, -0.15) is 16.9 Å². The molecule has 0 saturated heterocycles. The minimum atomic E-state index is -0.902. The van der Waals surface area contributed by atoms with Gasteiger partial charge >= 0.3 is 5.97 Å². The highest BCUT2D eigenvalue weighted by atomic mass is 32.2. The van der Waals surface area contributed by atoms with Crippen LogP contribution in [0.25, 0.3) is 22.4 Å². The Morgan fingerprint density at radius 3 is 2.47 bits per heavy atom. The predicted octanol–water partition coefficient (Wildman–Crippen LogP) is 6.04. The van der Waals surface area contributed by atoms with Gasteiger partial charge in [0.05, 0.1) is 13.7 Å². The molecule has 2 aromatic carbocycles. The smallest absolute Gasteiger partial charge is 0.329 e. The fourth-order valence-corrected chi connectivity index (χ4v) is 5.52. The van der Waals surface area contributed by atoms with Crippen LogP contribution in [0.1, 0.15) is 31.4 Å². The lowest BCUT2D eigenvalue weighted by molar-refractivity contribution is -0.142. The molecule has 1 heterocycles. The van der Waals surface area contributed by atoms with Crippen molar-refractivity contribution in [3.63, 3.8) is 0 Å². The molecule has 1 aliphatic rings. The zero-order valence-corrected chi connectivity index (χ0v) is 22.0. The lowest BCUT2D eigenvalue weighted by atomic mass is 9.82. The van der Waals surface area contributed by atoms with Crippen molar-refractivity contribution in [2.24, 2.45) is 11.8 Å². The molecule has 6 nitrogen and oxygen atoms in total. The van der Waals surface area contributed by atoms with Gasteiger partial charge in [0.15, 0.2) is 0 Å². The lowest BCUT2D eigenvalue weighted by Crippen LogP contribution is -2.24. The minimum absolute atomic E-state index is 0.207. The third-order valence-electron chi connectivity index (χ3n) is 6.98. The number of carbonyl (C=O) groups is 1. The maximum absolute atomic E-state index is 10.7. The number of rotatable bonds is 12. The monoisotopic (exact) mass is 508 g/mol. The van der Waals surface area contributed by atoms with Crippen molar-refractivity contribution in [2.45, 2.75) is 38.6 Å². The van der Waals surface area contributed by atoms with Crippen molar-refractivity contribution in [3.8, 4) is 28.1 Å². The van der Waals surface area contributed by atoms with Crippen LogP contribution in [0.4, 0.5) is 0 Å². The second-order valence-electron chi connectivity index (χ2n) is 9.49. The maximum atomic E-state index is 10.7. The van der Waals surface area contributed by atoms with Crippen molar-refractivity contribution in [2.75, 3.05) is 32.3 Å². The van der Waals surface area contributed by atoms with Crippen LogP contribution < -0.4 is 4.74 Å². The molecule has 1 fully saturated rings. The van der Waals surface area contributed by atoms with Gasteiger partial charge in [0.1, 0.15) is 18.1 Å². The summed E-state index contributed by atoms with van der Waals surface area (Å²) < 4.78 is 13.2. The quantitative estimate of drug-likeness (QED) is 0.322. The number of benzene rings is 2. The van der Waals surface area contributed by atoms with E-state index in [1.165, 1.54) is 11.3 Å². The molecule has 3 aromatic rings. The third-order valence-corrected chi connectivity index (χ3v) is 7.60. The molecule has 0 spiro atoms. The highest BCUT2D eigenvalue weighted by molar-refractivity contribution is 7.98. The molecule has 0 radical (unpaired) electrons. The number of aromatic nitrogens is 2. The number of nitrogens with zero attached hydrogens (tertiary/aromatic N) is 2. The minimum Gasteiger partial charge on any atom is -0.497 e. The van der Waals surface area contributed by atoms with E-state index < -0.39 is 5.97 Å². The van der Waals surface area contributed by atoms with Gasteiger partial charge in [0.2, 0.25) is 0 Å². The van der Waals surface area contributed by atoms with Crippen molar-refractivity contribution < 1.29 is 19.4 Å². The first-order valence-electron chi connectivity index (χ1n) is 12.7. The maximum Gasteiger partial charge on any atom is 0.329 e. The number of hydrogen-bond acceptors (Lipinski definition) is 5. The highest BCUT2D eigenvalue weighted by Gasteiger charge is 2.26. The molecule has 1 aliphatic carbocycles. The molecule has 1 aromatic heterocycles. The van der Waals surface area contributed by atoms with Gasteiger partial charge in [0.25, 0.3) is 0 Å². The zero-order chi connectivity index (χ0) is 25.3. The van der Waals surface area contributed by atoms with Gasteiger partial charge in [0, 0.05) is 23.4 Å². The summed E-state index contributed by atoms with van der Waals surface area (Å²) in [6, 6.07) is 18.7. The van der Waals surface area contributed by atoms with E-state index in [4.69, 9.17) is 19.7 Å². The molecular formula is C29H36N2O4S. The summed E-state index contributed by atoms with van der Waals surface area (Å²) in [6.07, 6.45) is 7.46. The molecule has 36 heavy (non-hydrogen) atoms. The second-order valence-corrected chi connectivity index (χ2v) is 10.5. The largest absolute Gasteiger partial charge is 0.497 e. The SMILES string of the molecule is COc1cccc(-c2c(-c3ccccc3)nn(CC3CCC(COCC(=O)O)CC3)c2CCSC)c1. The second kappa shape index (κ2) is 13.0. The molecular weight excluding hydrogens is 472 g/mol. The van der Waals surface area contributed by atoms with Crippen LogP contribution in [0.3, 0.4) is 0 Å². The van der Waals surface area contributed by atoms with Crippen LogP contribution in [0.5, 0.6) is 5.75 Å². The average Bonchev–Trinajstić information content (AvgIpc) is 3.26. The number of ether oxygens (including phenoxy) is 2. The van der Waals surface area contributed by atoms with E-state index in [0.717, 1.165) is 67.0 Å². The van der Waals surface area contributed by atoms with E-state index >= 15 is 0 Å². The summed E-state index contributed by atoms with van der Waals surface area (Å²) in [7, 11) is 1.71. The number of hydrogen-bond donors (Lipinski definition) is 1. The van der Waals surface area contributed by atoms with Gasteiger partial charge in [-0.1, -0.05) is 42.5 Å². The first kappa shape index (κ1) is 26.3. The fraction of sp³-hybridized carbons (Fsp3) is 0.448. The van der Waals surface area contributed by atoms with Crippen LogP contribution in [-0.4, -0.2) is 53.2 Å². The Kier molecular flexibility index (Phi) is 9.47. The van der Waals surface area contributed by atoms with Crippen LogP contribution in [-0.2, 0) is 22.5 Å². The number of carboxylic acid groups (broad SMARTS) is 1. The van der Waals surface area contributed by atoms with Crippen LogP contribution in [0.2, 0.25) is 0 Å². The Hall–Kier alpha value is -2.77. The summed E-state index contributed by atoms with van der Waals surface area (Å²) in [6.45, 7) is 1.23. The first-order chi connectivity index (χ1) is 17.6. The van der Waals surface area contributed by atoms with E-state index in [-0.39, 0.29) is 6.61 Å². The summed E-state index contributed by atoms with van der Waals surface area (Å²) in [5.74, 6) is 1.97. The Bertz CT molecular complexity index is 1120. The van der Waals surface area contributed by atoms with Gasteiger partial charge in [-0.3, -0.25) is 4.68 Å². The molecule has 0 aliphatic heterocycles. The molecule has 4 rings (SSSR count). The summed E-state index contributed by atoms with van der Waals surface area (Å²) >= 11 is 1.86. The zero-order valence-electron chi connectivity index (χ0n) is 21.2. The van der Waals surface area contributed by atoms with Crippen molar-refractivity contribution in [3.05, 3.63) is 60.3 Å². The standard InChI is InChI=1S/C29H36N2O4S/c1-34-25-10-6-9-24(17-25)28-26(15-16-36-2)31(30-29(28)23-7-4-3-5-8-23)18-21-11-13-22(14-12-21)19-35-20-27(32)33/h3-10,17,21-22H,11-16,18-20H2,1-2H3,(H,32,33). The Labute approximate surface area is 218 Å². The third kappa shape index (κ3) is 6.71. The number of methoxy groups -OCH3 is 1. The average molecular weight is 509 g/mol. The summed E-state index contributed by atoms with van der Waals surface area (Å²) in [5, 5.41) is 14.0. The van der Waals surface area contributed by atoms with Gasteiger partial charge < -0.3 is 14.6 Å². The van der Waals surface area contributed by atoms with E-state index in [9.17, 15) is 4.79 Å². The van der Waals surface area contributed by atoms with E-state index in [1.54, 1.807) is 7.11 Å². The molecule has 192 valence electrons. The van der Waals surface area contributed by atoms with Crippen molar-refractivity contribution in [1.82, 2.24) is 9.78 Å². The molecule has 0 amide bonds. The van der Waals surface area contributed by atoms with Crippen LogP contribution in [0.15, 0.2) is 54.6 Å². The molecule has 0 bridgehead atoms. The number of carboxylic acids is 1. The van der Waals surface area contributed by atoms with Crippen LogP contribution in [0, 0.1) is 11.8 Å². The molecule has 0 atom stereocenters. The van der Waals surface area contributed by atoms with Crippen molar-refractivity contribution in [1.29, 1.82) is 0 Å². The van der Waals surface area contributed by atoms with E-state index in [0.29, 0.717) is 18.4 Å². The van der Waals surface area contributed by atoms with E-state index in [2.05, 4.69) is 47.3 Å². The normalized spacial score (nSPS) is 17.7. The van der Waals surface area contributed by atoms with E-state index in [1.807, 2.05) is 30.0 Å². The van der Waals surface area contributed by atoms with Crippen molar-refractivity contribution >= 4 is 17.7 Å². The Morgan fingerprint density at radius 2 is 1.78 bits per heavy atom. The fourth-order valence-electron chi connectivity index (χ4n) is 5.12. The molecule has 1 N–H and O–H groups in total. The predicted molar refractivity (Wildman–Crippen MR) is 146 cm³/mol. The summed E-state index contributed by atoms with van der Waals surface area (Å²) in [5.41, 5.74) is 5.76. The molecule has 7 heteroatoms. The highest BCUT2D eigenvalue weighted by Crippen LogP contribution is 2.38. The Morgan fingerprint density at radius 1 is 1.06 bits per heavy atom. The van der Waals surface area contributed by atoms with Crippen LogP contribution >= 0.6 is 11.8 Å². The number of aliphatic carboxylic acids is 1. The van der Waals surface area contributed by atoms with Gasteiger partial charge in [-0.15, -0.1) is 0 Å². The number of thioether (sulfide) groups is 1. The molecule has 0 unspecified atom stereocenters.